The van der Waals surface area contributed by atoms with Gasteiger partial charge < -0.3 is 4.48 Å². The van der Waals surface area contributed by atoms with Crippen molar-refractivity contribution in [1.82, 2.24) is 0 Å². The molecule has 18 heavy (non-hydrogen) atoms. The maximum Gasteiger partial charge on any atom is 0.379 e. The Morgan fingerprint density at radius 2 is 1.17 bits per heavy atom. The fourth-order valence-corrected chi connectivity index (χ4v) is 2.04. The van der Waals surface area contributed by atoms with E-state index in [0.717, 1.165) is 0 Å². The fraction of sp³-hybridized carbons (Fsp3) is 1.00. The molecule has 0 saturated carbocycles. The Kier molecular flexibility index (Phi) is 12.8. The number of hydrogen-bond acceptors (Lipinski definition) is 0. The summed E-state index contributed by atoms with van der Waals surface area (Å²) in [4.78, 5) is 0. The van der Waals surface area contributed by atoms with Crippen molar-refractivity contribution in [2.45, 2.75) is 46.0 Å². The van der Waals surface area contributed by atoms with E-state index in [1.54, 1.807) is 0 Å². The summed E-state index contributed by atoms with van der Waals surface area (Å²) in [5.41, 5.74) is 0. The molecule has 1 fully saturated rings. The number of hydrogen-bond donors (Lipinski definition) is 0. The molecule has 1 nitrogen and oxygen atoms in total. The Morgan fingerprint density at radius 1 is 0.833 bits per heavy atom. The van der Waals surface area contributed by atoms with E-state index in [2.05, 4.69) is 14.0 Å². The van der Waals surface area contributed by atoms with Gasteiger partial charge in [-0.25, -0.2) is 0 Å². The van der Waals surface area contributed by atoms with Gasteiger partial charge in [0.2, 0.25) is 0 Å². The third-order valence-electron chi connectivity index (χ3n) is 2.66. The first-order valence-corrected chi connectivity index (χ1v) is 5.91. The SMILES string of the molecule is CCC[N+]1(C)CCCCC1.FC(F)F.FC(F)F. The second kappa shape index (κ2) is 11.6. The summed E-state index contributed by atoms with van der Waals surface area (Å²) in [6.07, 6.45) is 5.72. The van der Waals surface area contributed by atoms with Gasteiger partial charge in [0.25, 0.3) is 0 Å². The molecule has 1 aliphatic rings. The van der Waals surface area contributed by atoms with Gasteiger partial charge in [-0.2, -0.15) is 26.3 Å². The number of alkyl halides is 6. The monoisotopic (exact) mass is 282 g/mol. The predicted octanol–water partition coefficient (Wildman–Crippen LogP) is 4.38. The normalized spacial score (nSPS) is 17.7. The Morgan fingerprint density at radius 3 is 1.44 bits per heavy atom. The molecule has 0 aromatic heterocycles. The van der Waals surface area contributed by atoms with Crippen molar-refractivity contribution >= 4 is 0 Å². The summed E-state index contributed by atoms with van der Waals surface area (Å²) in [5, 5.41) is 0. The van der Waals surface area contributed by atoms with Gasteiger partial charge in [-0.05, 0) is 25.7 Å². The molecule has 0 aromatic rings. The molecule has 7 heteroatoms. The van der Waals surface area contributed by atoms with Crippen LogP contribution in [-0.2, 0) is 0 Å². The van der Waals surface area contributed by atoms with Gasteiger partial charge in [-0.1, -0.05) is 6.92 Å². The fourth-order valence-electron chi connectivity index (χ4n) is 2.04. The van der Waals surface area contributed by atoms with Crippen molar-refractivity contribution in [2.75, 3.05) is 26.7 Å². The molecule has 0 spiro atoms. The average Bonchev–Trinajstić information content (AvgIpc) is 2.16. The zero-order valence-corrected chi connectivity index (χ0v) is 10.8. The van der Waals surface area contributed by atoms with Gasteiger partial charge in [-0.3, -0.25) is 0 Å². The molecule has 0 N–H and O–H groups in total. The number of piperidine rings is 1. The quantitative estimate of drug-likeness (QED) is 0.520. The molecule has 0 aliphatic carbocycles. The van der Waals surface area contributed by atoms with E-state index in [1.165, 1.54) is 49.8 Å². The molecule has 1 saturated heterocycles. The van der Waals surface area contributed by atoms with Crippen molar-refractivity contribution in [3.8, 4) is 0 Å². The van der Waals surface area contributed by atoms with Crippen LogP contribution in [0.4, 0.5) is 26.3 Å². The van der Waals surface area contributed by atoms with Gasteiger partial charge in [0.1, 0.15) is 0 Å². The minimum absolute atomic E-state index is 1.34. The van der Waals surface area contributed by atoms with Crippen LogP contribution < -0.4 is 0 Å². The summed E-state index contributed by atoms with van der Waals surface area (Å²) < 4.78 is 59.3. The molecule has 0 radical (unpaired) electrons. The van der Waals surface area contributed by atoms with Gasteiger partial charge in [-0.15, -0.1) is 0 Å². The first-order valence-electron chi connectivity index (χ1n) is 5.91. The standard InChI is InChI=1S/C9H20N.2CHF3/c1-3-7-10(2)8-5-4-6-9-10;2*2-1(3)4/h3-9H2,1-2H3;2*1H/q+1;;. The number of quaternary nitrogens is 1. The Hall–Kier alpha value is -0.460. The van der Waals surface area contributed by atoms with E-state index < -0.39 is 13.4 Å². The third kappa shape index (κ3) is 17.9. The lowest BCUT2D eigenvalue weighted by atomic mass is 10.1. The van der Waals surface area contributed by atoms with Crippen LogP contribution in [0.3, 0.4) is 0 Å². The third-order valence-corrected chi connectivity index (χ3v) is 2.66. The molecule has 0 amide bonds. The van der Waals surface area contributed by atoms with E-state index in [-0.39, 0.29) is 0 Å². The number of halogens is 6. The molecule has 112 valence electrons. The van der Waals surface area contributed by atoms with Crippen LogP contribution in [0.5, 0.6) is 0 Å². The summed E-state index contributed by atoms with van der Waals surface area (Å²) in [6.45, 7) is -0.806. The van der Waals surface area contributed by atoms with Crippen molar-refractivity contribution in [2.24, 2.45) is 0 Å². The molecule has 0 bridgehead atoms. The van der Waals surface area contributed by atoms with E-state index in [0.29, 0.717) is 0 Å². The molecular weight excluding hydrogens is 260 g/mol. The number of likely N-dealkylation sites (tertiary alicyclic amines) is 1. The van der Waals surface area contributed by atoms with Crippen molar-refractivity contribution in [3.05, 3.63) is 0 Å². The van der Waals surface area contributed by atoms with Gasteiger partial charge in [0.15, 0.2) is 0 Å². The molecular formula is C11H22F6N+. The lowest BCUT2D eigenvalue weighted by molar-refractivity contribution is -0.914. The predicted molar refractivity (Wildman–Crippen MR) is 59.2 cm³/mol. The lowest BCUT2D eigenvalue weighted by Gasteiger charge is -2.37. The molecule has 0 atom stereocenters. The van der Waals surface area contributed by atoms with Crippen molar-refractivity contribution in [3.63, 3.8) is 0 Å². The second-order valence-electron chi connectivity index (χ2n) is 4.35. The number of rotatable bonds is 2. The number of nitrogens with zero attached hydrogens (tertiary/aromatic N) is 1. The van der Waals surface area contributed by atoms with Crippen LogP contribution in [0.25, 0.3) is 0 Å². The molecule has 0 unspecified atom stereocenters. The van der Waals surface area contributed by atoms with Gasteiger partial charge >= 0.3 is 13.4 Å². The van der Waals surface area contributed by atoms with Crippen LogP contribution in [0.1, 0.15) is 32.6 Å². The molecule has 1 heterocycles. The molecule has 0 aromatic carbocycles. The lowest BCUT2D eigenvalue weighted by Crippen LogP contribution is -2.48. The topological polar surface area (TPSA) is 0 Å². The van der Waals surface area contributed by atoms with Crippen molar-refractivity contribution in [1.29, 1.82) is 0 Å². The van der Waals surface area contributed by atoms with Crippen LogP contribution in [0.2, 0.25) is 0 Å². The van der Waals surface area contributed by atoms with E-state index in [4.69, 9.17) is 0 Å². The van der Waals surface area contributed by atoms with Crippen LogP contribution in [0, 0.1) is 0 Å². The van der Waals surface area contributed by atoms with Crippen LogP contribution in [0.15, 0.2) is 0 Å². The largest absolute Gasteiger partial charge is 0.379 e. The highest BCUT2D eigenvalue weighted by Gasteiger charge is 2.22. The highest BCUT2D eigenvalue weighted by molar-refractivity contribution is 4.50. The summed E-state index contributed by atoms with van der Waals surface area (Å²) in [5.74, 6) is 0. The maximum atomic E-state index is 9.67. The first-order chi connectivity index (χ1) is 8.23. The summed E-state index contributed by atoms with van der Waals surface area (Å²) >= 11 is 0. The van der Waals surface area contributed by atoms with Crippen LogP contribution >= 0.6 is 0 Å². The first kappa shape index (κ1) is 19.9. The maximum absolute atomic E-state index is 9.67. The summed E-state index contributed by atoms with van der Waals surface area (Å²) in [6, 6.07) is 0. The Labute approximate surface area is 104 Å². The zero-order chi connectivity index (χ0) is 14.6. The summed E-state index contributed by atoms with van der Waals surface area (Å²) in [7, 11) is 2.41. The zero-order valence-electron chi connectivity index (χ0n) is 10.8. The minimum Gasteiger partial charge on any atom is -0.326 e. The smallest absolute Gasteiger partial charge is 0.326 e. The second-order valence-corrected chi connectivity index (χ2v) is 4.35. The van der Waals surface area contributed by atoms with Gasteiger partial charge in [0.05, 0.1) is 26.7 Å². The van der Waals surface area contributed by atoms with E-state index in [9.17, 15) is 26.3 Å². The van der Waals surface area contributed by atoms with E-state index in [1.807, 2.05) is 0 Å². The van der Waals surface area contributed by atoms with Crippen molar-refractivity contribution < 1.29 is 30.8 Å². The molecule has 1 aliphatic heterocycles. The average molecular weight is 282 g/mol. The van der Waals surface area contributed by atoms with E-state index >= 15 is 0 Å². The Balaban J connectivity index is 0. The highest BCUT2D eigenvalue weighted by atomic mass is 19.4. The highest BCUT2D eigenvalue weighted by Crippen LogP contribution is 2.15. The van der Waals surface area contributed by atoms with Crippen LogP contribution in [-0.4, -0.2) is 44.5 Å². The Bertz CT molecular complexity index is 154. The molecule has 1 rings (SSSR count). The van der Waals surface area contributed by atoms with Gasteiger partial charge in [0, 0.05) is 0 Å². The minimum atomic E-state index is -3.67.